The Morgan fingerprint density at radius 1 is 1.43 bits per heavy atom. The third-order valence-corrected chi connectivity index (χ3v) is 3.83. The fraction of sp³-hybridized carbons (Fsp3) is 0.429. The molecule has 0 saturated heterocycles. The number of amides is 1. The summed E-state index contributed by atoms with van der Waals surface area (Å²) in [6.45, 7) is 2.86. The van der Waals surface area contributed by atoms with Crippen LogP contribution in [0, 0.1) is 5.41 Å². The van der Waals surface area contributed by atoms with Crippen LogP contribution in [0.3, 0.4) is 0 Å². The molecule has 1 aromatic carbocycles. The summed E-state index contributed by atoms with van der Waals surface area (Å²) < 4.78 is 5.37. The van der Waals surface area contributed by atoms with Crippen LogP contribution >= 0.6 is 11.6 Å². The SMILES string of the molecule is CC(C)(C(=O)O)C(=O)N(O)Cc1cc2c(cc1Cl)OCC2. The molecule has 0 fully saturated rings. The summed E-state index contributed by atoms with van der Waals surface area (Å²) in [4.78, 5) is 23.0. The van der Waals surface area contributed by atoms with Gasteiger partial charge in [0.1, 0.15) is 11.2 Å². The number of carbonyl (C=O) groups is 2. The highest BCUT2D eigenvalue weighted by Crippen LogP contribution is 2.32. The van der Waals surface area contributed by atoms with E-state index in [9.17, 15) is 14.8 Å². The lowest BCUT2D eigenvalue weighted by Gasteiger charge is -2.24. The number of hydrogen-bond acceptors (Lipinski definition) is 4. The van der Waals surface area contributed by atoms with Crippen molar-refractivity contribution in [1.82, 2.24) is 5.06 Å². The molecule has 0 atom stereocenters. The van der Waals surface area contributed by atoms with Gasteiger partial charge in [0, 0.05) is 11.4 Å². The van der Waals surface area contributed by atoms with Crippen LogP contribution in [-0.4, -0.2) is 33.9 Å². The fourth-order valence-corrected chi connectivity index (χ4v) is 2.23. The van der Waals surface area contributed by atoms with Gasteiger partial charge in [-0.05, 0) is 37.1 Å². The summed E-state index contributed by atoms with van der Waals surface area (Å²) in [6.07, 6.45) is 0.736. The summed E-state index contributed by atoms with van der Waals surface area (Å²) in [7, 11) is 0. The summed E-state index contributed by atoms with van der Waals surface area (Å²) in [5.74, 6) is -1.51. The van der Waals surface area contributed by atoms with E-state index in [0.717, 1.165) is 12.0 Å². The Morgan fingerprint density at radius 2 is 2.10 bits per heavy atom. The van der Waals surface area contributed by atoms with Crippen LogP contribution in [0.2, 0.25) is 5.02 Å². The maximum absolute atomic E-state index is 12.0. The van der Waals surface area contributed by atoms with Gasteiger partial charge in [-0.25, -0.2) is 5.06 Å². The molecule has 114 valence electrons. The van der Waals surface area contributed by atoms with Crippen LogP contribution in [-0.2, 0) is 22.6 Å². The second kappa shape index (κ2) is 5.54. The van der Waals surface area contributed by atoms with Crippen LogP contribution in [0.15, 0.2) is 12.1 Å². The van der Waals surface area contributed by atoms with Crippen molar-refractivity contribution >= 4 is 23.5 Å². The summed E-state index contributed by atoms with van der Waals surface area (Å²) in [5.41, 5.74) is -0.216. The zero-order valence-electron chi connectivity index (χ0n) is 11.7. The number of hydroxylamine groups is 2. The molecule has 1 aliphatic heterocycles. The third kappa shape index (κ3) is 2.96. The smallest absolute Gasteiger partial charge is 0.318 e. The number of benzene rings is 1. The van der Waals surface area contributed by atoms with E-state index in [0.29, 0.717) is 28.0 Å². The van der Waals surface area contributed by atoms with E-state index in [1.54, 1.807) is 12.1 Å². The summed E-state index contributed by atoms with van der Waals surface area (Å²) in [6, 6.07) is 3.40. The molecule has 0 saturated carbocycles. The maximum Gasteiger partial charge on any atom is 0.318 e. The van der Waals surface area contributed by atoms with Crippen molar-refractivity contribution in [2.24, 2.45) is 5.41 Å². The topological polar surface area (TPSA) is 87.1 Å². The molecule has 0 radical (unpaired) electrons. The number of ether oxygens (including phenoxy) is 1. The Labute approximate surface area is 126 Å². The van der Waals surface area contributed by atoms with E-state index < -0.39 is 17.3 Å². The van der Waals surface area contributed by atoms with Gasteiger partial charge < -0.3 is 9.84 Å². The van der Waals surface area contributed by atoms with Crippen molar-refractivity contribution in [3.05, 3.63) is 28.3 Å². The third-order valence-electron chi connectivity index (χ3n) is 3.48. The molecule has 1 aromatic rings. The molecule has 0 spiro atoms. The molecule has 2 N–H and O–H groups in total. The number of hydrogen-bond donors (Lipinski definition) is 2. The van der Waals surface area contributed by atoms with Crippen LogP contribution in [0.25, 0.3) is 0 Å². The average Bonchev–Trinajstić information content (AvgIpc) is 2.84. The molecule has 21 heavy (non-hydrogen) atoms. The van der Waals surface area contributed by atoms with Gasteiger partial charge in [0.15, 0.2) is 0 Å². The van der Waals surface area contributed by atoms with Gasteiger partial charge in [-0.2, -0.15) is 0 Å². The number of nitrogens with zero attached hydrogens (tertiary/aromatic N) is 1. The van der Waals surface area contributed by atoms with Crippen molar-refractivity contribution in [1.29, 1.82) is 0 Å². The monoisotopic (exact) mass is 313 g/mol. The average molecular weight is 314 g/mol. The van der Waals surface area contributed by atoms with Crippen molar-refractivity contribution < 1.29 is 24.6 Å². The fourth-order valence-electron chi connectivity index (χ4n) is 2.02. The summed E-state index contributed by atoms with van der Waals surface area (Å²) in [5, 5.41) is 19.6. The second-order valence-electron chi connectivity index (χ2n) is 5.44. The van der Waals surface area contributed by atoms with Gasteiger partial charge >= 0.3 is 5.97 Å². The highest BCUT2D eigenvalue weighted by molar-refractivity contribution is 6.31. The quantitative estimate of drug-likeness (QED) is 0.505. The van der Waals surface area contributed by atoms with Gasteiger partial charge in [-0.3, -0.25) is 14.8 Å². The minimum Gasteiger partial charge on any atom is -0.493 e. The first-order valence-electron chi connectivity index (χ1n) is 6.42. The van der Waals surface area contributed by atoms with E-state index >= 15 is 0 Å². The minimum absolute atomic E-state index is 0.179. The first-order valence-corrected chi connectivity index (χ1v) is 6.79. The Hall–Kier alpha value is -1.79. The van der Waals surface area contributed by atoms with Gasteiger partial charge in [-0.15, -0.1) is 0 Å². The zero-order chi connectivity index (χ0) is 15.8. The zero-order valence-corrected chi connectivity index (χ0v) is 12.5. The number of fused-ring (bicyclic) bond motifs is 1. The molecule has 1 amide bonds. The predicted octanol–water partition coefficient (Wildman–Crippen LogP) is 2.10. The molecule has 2 rings (SSSR count). The van der Waals surface area contributed by atoms with Crippen molar-refractivity contribution in [3.8, 4) is 5.75 Å². The normalized spacial score (nSPS) is 13.5. The second-order valence-corrected chi connectivity index (χ2v) is 5.85. The first-order chi connectivity index (χ1) is 9.73. The van der Waals surface area contributed by atoms with Crippen molar-refractivity contribution in [2.75, 3.05) is 6.61 Å². The number of carboxylic acid groups (broad SMARTS) is 1. The van der Waals surface area contributed by atoms with Crippen molar-refractivity contribution in [3.63, 3.8) is 0 Å². The van der Waals surface area contributed by atoms with Gasteiger partial charge in [-0.1, -0.05) is 11.6 Å². The van der Waals surface area contributed by atoms with E-state index in [-0.39, 0.29) is 6.54 Å². The molecular formula is C14H16ClNO5. The Kier molecular flexibility index (Phi) is 4.11. The van der Waals surface area contributed by atoms with Crippen LogP contribution in [0.4, 0.5) is 0 Å². The molecule has 1 heterocycles. The maximum atomic E-state index is 12.0. The van der Waals surface area contributed by atoms with Gasteiger partial charge in [0.2, 0.25) is 0 Å². The lowest BCUT2D eigenvalue weighted by molar-refractivity contribution is -0.183. The van der Waals surface area contributed by atoms with E-state index in [4.69, 9.17) is 21.4 Å². The Morgan fingerprint density at radius 3 is 2.71 bits per heavy atom. The highest BCUT2D eigenvalue weighted by Gasteiger charge is 2.39. The molecule has 0 unspecified atom stereocenters. The van der Waals surface area contributed by atoms with Gasteiger partial charge in [0.25, 0.3) is 5.91 Å². The number of rotatable bonds is 4. The standard InChI is InChI=1S/C14H16ClNO5/c1-14(2,13(18)19)12(17)16(20)7-9-5-8-3-4-21-11(8)6-10(9)15/h5-6,20H,3-4,7H2,1-2H3,(H,18,19). The number of carboxylic acids is 1. The molecular weight excluding hydrogens is 298 g/mol. The molecule has 7 heteroatoms. The van der Waals surface area contributed by atoms with E-state index in [2.05, 4.69) is 0 Å². The highest BCUT2D eigenvalue weighted by atomic mass is 35.5. The molecule has 0 aromatic heterocycles. The number of aliphatic carboxylic acids is 1. The molecule has 6 nitrogen and oxygen atoms in total. The van der Waals surface area contributed by atoms with Crippen LogP contribution in [0.1, 0.15) is 25.0 Å². The lowest BCUT2D eigenvalue weighted by Crippen LogP contribution is -2.43. The van der Waals surface area contributed by atoms with E-state index in [1.807, 2.05) is 0 Å². The lowest BCUT2D eigenvalue weighted by atomic mass is 9.92. The first kappa shape index (κ1) is 15.6. The Balaban J connectivity index is 2.19. The Bertz CT molecular complexity index is 599. The number of halogens is 1. The predicted molar refractivity (Wildman–Crippen MR) is 74.4 cm³/mol. The van der Waals surface area contributed by atoms with Crippen LogP contribution in [0.5, 0.6) is 5.75 Å². The van der Waals surface area contributed by atoms with E-state index in [1.165, 1.54) is 13.8 Å². The molecule has 0 aliphatic carbocycles. The van der Waals surface area contributed by atoms with Gasteiger partial charge in [0.05, 0.1) is 13.2 Å². The largest absolute Gasteiger partial charge is 0.493 e. The van der Waals surface area contributed by atoms with Crippen molar-refractivity contribution in [2.45, 2.75) is 26.8 Å². The molecule has 0 bridgehead atoms. The molecule has 1 aliphatic rings. The number of carbonyl (C=O) groups excluding carboxylic acids is 1. The minimum atomic E-state index is -1.71. The van der Waals surface area contributed by atoms with Crippen LogP contribution < -0.4 is 4.74 Å². The summed E-state index contributed by atoms with van der Waals surface area (Å²) >= 11 is 6.09.